The van der Waals surface area contributed by atoms with E-state index in [0.717, 1.165) is 0 Å². The van der Waals surface area contributed by atoms with Crippen molar-refractivity contribution in [1.82, 2.24) is 0 Å². The van der Waals surface area contributed by atoms with Crippen molar-refractivity contribution in [3.05, 3.63) is 45.5 Å². The Labute approximate surface area is 107 Å². The molecule has 1 rings (SSSR count). The standard InChI is InChI=1S/C11H9N3O5/c12-13-10(11(16)17)9(15)6-5-7-3-1-2-4-8(7)14(18)19/h1-4H,5-6H2,(H,16,17). The lowest BCUT2D eigenvalue weighted by atomic mass is 10.0. The van der Waals surface area contributed by atoms with Gasteiger partial charge in [0.2, 0.25) is 0 Å². The molecule has 0 aliphatic heterocycles. The third kappa shape index (κ3) is 3.55. The van der Waals surface area contributed by atoms with E-state index in [2.05, 4.69) is 4.79 Å². The van der Waals surface area contributed by atoms with E-state index in [1.807, 2.05) is 0 Å². The summed E-state index contributed by atoms with van der Waals surface area (Å²) in [6.45, 7) is 0. The van der Waals surface area contributed by atoms with Gasteiger partial charge in [0.05, 0.1) is 4.92 Å². The fourth-order valence-electron chi connectivity index (χ4n) is 1.48. The normalized spacial score (nSPS) is 9.47. The first-order valence-electron chi connectivity index (χ1n) is 5.18. The van der Waals surface area contributed by atoms with Gasteiger partial charge in [-0.3, -0.25) is 14.9 Å². The van der Waals surface area contributed by atoms with Crippen molar-refractivity contribution in [3.63, 3.8) is 0 Å². The third-order valence-corrected chi connectivity index (χ3v) is 2.38. The average molecular weight is 263 g/mol. The molecule has 0 spiro atoms. The number of benzene rings is 1. The number of aryl methyl sites for hydroxylation is 1. The molecule has 1 aromatic rings. The fraction of sp³-hybridized carbons (Fsp3) is 0.182. The second kappa shape index (κ2) is 6.18. The Kier molecular flexibility index (Phi) is 4.62. The van der Waals surface area contributed by atoms with Crippen LogP contribution < -0.4 is 0 Å². The van der Waals surface area contributed by atoms with Gasteiger partial charge in [0.1, 0.15) is 0 Å². The van der Waals surface area contributed by atoms with Crippen LogP contribution in [0.1, 0.15) is 12.0 Å². The number of carbonyl (C=O) groups is 2. The number of hydrogen-bond donors (Lipinski definition) is 1. The second-order valence-electron chi connectivity index (χ2n) is 3.56. The van der Waals surface area contributed by atoms with Gasteiger partial charge in [0.25, 0.3) is 11.5 Å². The molecular formula is C11H9N3O5. The number of ketones is 1. The topological polar surface area (TPSA) is 134 Å². The van der Waals surface area contributed by atoms with Gasteiger partial charge in [-0.25, -0.2) is 4.79 Å². The summed E-state index contributed by atoms with van der Waals surface area (Å²) in [6, 6.07) is 5.83. The van der Waals surface area contributed by atoms with Crippen LogP contribution in [0.4, 0.5) is 5.69 Å². The fourth-order valence-corrected chi connectivity index (χ4v) is 1.48. The third-order valence-electron chi connectivity index (χ3n) is 2.38. The molecule has 98 valence electrons. The van der Waals surface area contributed by atoms with Gasteiger partial charge in [0, 0.05) is 18.1 Å². The van der Waals surface area contributed by atoms with Crippen molar-refractivity contribution >= 4 is 23.2 Å². The first kappa shape index (κ1) is 14.2. The maximum atomic E-state index is 11.4. The predicted octanol–water partition coefficient (Wildman–Crippen LogP) is 0.852. The zero-order valence-corrected chi connectivity index (χ0v) is 9.65. The van der Waals surface area contributed by atoms with Crippen LogP contribution in [0.25, 0.3) is 5.53 Å². The van der Waals surface area contributed by atoms with Crippen LogP contribution in [-0.2, 0) is 16.0 Å². The summed E-state index contributed by atoms with van der Waals surface area (Å²) >= 11 is 0. The molecule has 8 nitrogen and oxygen atoms in total. The van der Waals surface area contributed by atoms with Crippen LogP contribution in [-0.4, -0.2) is 32.3 Å². The van der Waals surface area contributed by atoms with E-state index in [4.69, 9.17) is 10.6 Å². The number of rotatable bonds is 6. The Hall–Kier alpha value is -2.86. The second-order valence-corrected chi connectivity index (χ2v) is 3.56. The van der Waals surface area contributed by atoms with Crippen LogP contribution >= 0.6 is 0 Å². The Morgan fingerprint density at radius 2 is 2.00 bits per heavy atom. The zero-order valence-electron chi connectivity index (χ0n) is 9.65. The van der Waals surface area contributed by atoms with Crippen molar-refractivity contribution in [1.29, 1.82) is 0 Å². The van der Waals surface area contributed by atoms with E-state index in [1.165, 1.54) is 18.2 Å². The minimum atomic E-state index is -1.64. The van der Waals surface area contributed by atoms with Gasteiger partial charge >= 0.3 is 11.7 Å². The molecule has 0 atom stereocenters. The molecule has 19 heavy (non-hydrogen) atoms. The van der Waals surface area contributed by atoms with E-state index in [1.54, 1.807) is 6.07 Å². The lowest BCUT2D eigenvalue weighted by molar-refractivity contribution is -0.385. The van der Waals surface area contributed by atoms with E-state index in [9.17, 15) is 19.7 Å². The first-order chi connectivity index (χ1) is 8.97. The highest BCUT2D eigenvalue weighted by atomic mass is 16.6. The Morgan fingerprint density at radius 1 is 1.37 bits per heavy atom. The quantitative estimate of drug-likeness (QED) is 0.203. The van der Waals surface area contributed by atoms with Crippen molar-refractivity contribution in [2.24, 2.45) is 0 Å². The first-order valence-corrected chi connectivity index (χ1v) is 5.18. The highest BCUT2D eigenvalue weighted by Gasteiger charge is 2.28. The van der Waals surface area contributed by atoms with Gasteiger partial charge in [0.15, 0.2) is 0 Å². The number of carbonyl (C=O) groups excluding carboxylic acids is 1. The number of nitro benzene ring substituents is 1. The summed E-state index contributed by atoms with van der Waals surface area (Å²) in [6.07, 6.45) is -0.307. The molecule has 0 radical (unpaired) electrons. The molecule has 0 saturated heterocycles. The van der Waals surface area contributed by atoms with Gasteiger partial charge in [-0.05, 0) is 6.42 Å². The predicted molar refractivity (Wildman–Crippen MR) is 62.7 cm³/mol. The molecule has 0 unspecified atom stereocenters. The summed E-state index contributed by atoms with van der Waals surface area (Å²) in [5.74, 6) is -2.54. The SMILES string of the molecule is [N-]=[N+]=C(C(=O)O)C(=O)CCc1ccccc1[N+](=O)[O-]. The van der Waals surface area contributed by atoms with Crippen LogP contribution in [0.15, 0.2) is 24.3 Å². The summed E-state index contributed by atoms with van der Waals surface area (Å²) in [5.41, 5.74) is 7.56. The minimum Gasteiger partial charge on any atom is -0.472 e. The number of nitro groups is 1. The maximum absolute atomic E-state index is 11.4. The number of hydrogen-bond acceptors (Lipinski definition) is 4. The van der Waals surface area contributed by atoms with Crippen molar-refractivity contribution in [2.75, 3.05) is 0 Å². The summed E-state index contributed by atoms with van der Waals surface area (Å²) < 4.78 is 0. The van der Waals surface area contributed by atoms with Crippen molar-refractivity contribution < 1.29 is 24.4 Å². The Balaban J connectivity index is 2.84. The molecule has 0 amide bonds. The lowest BCUT2D eigenvalue weighted by Gasteiger charge is -2.00. The van der Waals surface area contributed by atoms with Crippen LogP contribution in [0.5, 0.6) is 0 Å². The number of aliphatic carboxylic acids is 1. The number of carboxylic acid groups (broad SMARTS) is 1. The number of nitrogens with zero attached hydrogens (tertiary/aromatic N) is 3. The molecule has 0 fully saturated rings. The van der Waals surface area contributed by atoms with E-state index >= 15 is 0 Å². The van der Waals surface area contributed by atoms with Crippen LogP contribution in [0, 0.1) is 10.1 Å². The van der Waals surface area contributed by atoms with Crippen LogP contribution in [0.3, 0.4) is 0 Å². The smallest absolute Gasteiger partial charge is 0.441 e. The maximum Gasteiger partial charge on any atom is 0.441 e. The lowest BCUT2D eigenvalue weighted by Crippen LogP contribution is -2.25. The van der Waals surface area contributed by atoms with Gasteiger partial charge in [-0.1, -0.05) is 18.2 Å². The number of Topliss-reactive ketones (excluding diaryl/α,β-unsaturated/α-hetero) is 1. The van der Waals surface area contributed by atoms with E-state index in [-0.39, 0.29) is 18.5 Å². The highest BCUT2D eigenvalue weighted by molar-refractivity contribution is 6.61. The Morgan fingerprint density at radius 3 is 2.53 bits per heavy atom. The molecule has 0 saturated carbocycles. The highest BCUT2D eigenvalue weighted by Crippen LogP contribution is 2.19. The van der Waals surface area contributed by atoms with Crippen molar-refractivity contribution in [2.45, 2.75) is 12.8 Å². The largest absolute Gasteiger partial charge is 0.472 e. The molecule has 0 aliphatic carbocycles. The summed E-state index contributed by atoms with van der Waals surface area (Å²) in [4.78, 5) is 34.5. The van der Waals surface area contributed by atoms with Gasteiger partial charge in [-0.2, -0.15) is 4.79 Å². The molecule has 1 aromatic carbocycles. The van der Waals surface area contributed by atoms with Gasteiger partial charge < -0.3 is 10.6 Å². The number of carboxylic acids is 1. The molecule has 0 heterocycles. The van der Waals surface area contributed by atoms with Crippen molar-refractivity contribution in [3.8, 4) is 0 Å². The minimum absolute atomic E-state index is 0.0116. The average Bonchev–Trinajstić information content (AvgIpc) is 2.37. The number of para-hydroxylation sites is 1. The summed E-state index contributed by atoms with van der Waals surface area (Å²) in [5, 5.41) is 19.3. The van der Waals surface area contributed by atoms with Gasteiger partial charge in [-0.15, -0.1) is 0 Å². The molecule has 8 heteroatoms. The van der Waals surface area contributed by atoms with E-state index < -0.39 is 22.4 Å². The van der Waals surface area contributed by atoms with E-state index in [0.29, 0.717) is 5.56 Å². The molecule has 0 aliphatic rings. The molecule has 0 aromatic heterocycles. The summed E-state index contributed by atoms with van der Waals surface area (Å²) in [7, 11) is 0. The zero-order chi connectivity index (χ0) is 14.4. The Bertz CT molecular complexity index is 590. The molecule has 0 bridgehead atoms. The molecular weight excluding hydrogens is 254 g/mol. The monoisotopic (exact) mass is 263 g/mol. The molecule has 1 N–H and O–H groups in total. The van der Waals surface area contributed by atoms with Crippen LogP contribution in [0.2, 0.25) is 0 Å².